The summed E-state index contributed by atoms with van der Waals surface area (Å²) in [6, 6.07) is 14.7. The second-order valence-corrected chi connectivity index (χ2v) is 6.82. The van der Waals surface area contributed by atoms with E-state index in [1.54, 1.807) is 0 Å². The number of aryl methyl sites for hydroxylation is 1. The third kappa shape index (κ3) is 2.64. The van der Waals surface area contributed by atoms with Crippen molar-refractivity contribution in [3.63, 3.8) is 0 Å². The van der Waals surface area contributed by atoms with E-state index in [1.165, 1.54) is 29.5 Å². The van der Waals surface area contributed by atoms with E-state index < -0.39 is 0 Å². The summed E-state index contributed by atoms with van der Waals surface area (Å²) in [5, 5.41) is 3.81. The maximum atomic E-state index is 11.7. The van der Waals surface area contributed by atoms with Gasteiger partial charge in [-0.3, -0.25) is 0 Å². The van der Waals surface area contributed by atoms with Crippen molar-refractivity contribution < 1.29 is 9.53 Å². The van der Waals surface area contributed by atoms with Gasteiger partial charge in [0.25, 0.3) is 0 Å². The molecule has 1 heterocycles. The van der Waals surface area contributed by atoms with Crippen LogP contribution in [0.3, 0.4) is 0 Å². The van der Waals surface area contributed by atoms with Crippen LogP contribution in [-0.4, -0.2) is 13.1 Å². The smallest absolute Gasteiger partial charge is 0.337 e. The van der Waals surface area contributed by atoms with Crippen molar-refractivity contribution in [2.45, 2.75) is 31.7 Å². The van der Waals surface area contributed by atoms with Crippen LogP contribution in [0.2, 0.25) is 0 Å². The predicted molar refractivity (Wildman–Crippen MR) is 100.0 cm³/mol. The molecular weight excluding hydrogens is 310 g/mol. The first kappa shape index (κ1) is 15.9. The van der Waals surface area contributed by atoms with Gasteiger partial charge in [-0.05, 0) is 47.6 Å². The minimum atomic E-state index is -0.290. The lowest BCUT2D eigenvalue weighted by Gasteiger charge is -2.38. The van der Waals surface area contributed by atoms with Gasteiger partial charge in [0.1, 0.15) is 0 Å². The van der Waals surface area contributed by atoms with Crippen molar-refractivity contribution in [2.24, 2.45) is 5.92 Å². The SMILES string of the molecule is CCc1cccc2c1N[C@H](c1ccc(C(=O)OC)cc1)[C@H]1CC=C[C@@H]21. The summed E-state index contributed by atoms with van der Waals surface area (Å²) >= 11 is 0. The molecule has 4 rings (SSSR count). The van der Waals surface area contributed by atoms with Gasteiger partial charge in [-0.1, -0.05) is 49.4 Å². The quantitative estimate of drug-likeness (QED) is 0.644. The Morgan fingerprint density at radius 3 is 2.72 bits per heavy atom. The van der Waals surface area contributed by atoms with Crippen molar-refractivity contribution in [2.75, 3.05) is 12.4 Å². The van der Waals surface area contributed by atoms with E-state index in [0.29, 0.717) is 17.4 Å². The lowest BCUT2D eigenvalue weighted by atomic mass is 9.76. The number of para-hydroxylation sites is 1. The molecule has 0 bridgehead atoms. The molecule has 1 aliphatic heterocycles. The van der Waals surface area contributed by atoms with Gasteiger partial charge in [0.05, 0.1) is 18.7 Å². The molecule has 128 valence electrons. The number of nitrogens with one attached hydrogen (secondary N) is 1. The van der Waals surface area contributed by atoms with Crippen LogP contribution >= 0.6 is 0 Å². The van der Waals surface area contributed by atoms with E-state index in [1.807, 2.05) is 12.1 Å². The van der Waals surface area contributed by atoms with Crippen LogP contribution < -0.4 is 5.32 Å². The number of hydrogen-bond acceptors (Lipinski definition) is 3. The molecule has 0 radical (unpaired) electrons. The van der Waals surface area contributed by atoms with Gasteiger partial charge in [-0.2, -0.15) is 0 Å². The van der Waals surface area contributed by atoms with Crippen molar-refractivity contribution in [1.29, 1.82) is 0 Å². The zero-order chi connectivity index (χ0) is 17.4. The summed E-state index contributed by atoms with van der Waals surface area (Å²) in [5.41, 5.74) is 5.90. The number of carbonyl (C=O) groups is 1. The number of benzene rings is 2. The molecule has 3 atom stereocenters. The molecule has 0 fully saturated rings. The normalized spacial score (nSPS) is 23.5. The number of rotatable bonds is 3. The zero-order valence-electron chi connectivity index (χ0n) is 14.7. The van der Waals surface area contributed by atoms with Crippen LogP contribution in [-0.2, 0) is 11.2 Å². The van der Waals surface area contributed by atoms with Crippen LogP contribution in [0.4, 0.5) is 5.69 Å². The zero-order valence-corrected chi connectivity index (χ0v) is 14.7. The maximum Gasteiger partial charge on any atom is 0.337 e. The van der Waals surface area contributed by atoms with E-state index >= 15 is 0 Å². The van der Waals surface area contributed by atoms with Crippen LogP contribution in [0.5, 0.6) is 0 Å². The molecule has 1 aliphatic carbocycles. The fraction of sp³-hybridized carbons (Fsp3) is 0.318. The average molecular weight is 333 g/mol. The third-order valence-electron chi connectivity index (χ3n) is 5.55. The minimum Gasteiger partial charge on any atom is -0.465 e. The molecule has 3 nitrogen and oxygen atoms in total. The molecule has 0 unspecified atom stereocenters. The maximum absolute atomic E-state index is 11.7. The fourth-order valence-corrected chi connectivity index (χ4v) is 4.26. The third-order valence-corrected chi connectivity index (χ3v) is 5.55. The summed E-state index contributed by atoms with van der Waals surface area (Å²) in [5.74, 6) is 0.693. The van der Waals surface area contributed by atoms with Crippen LogP contribution in [0.1, 0.15) is 52.4 Å². The van der Waals surface area contributed by atoms with Gasteiger partial charge < -0.3 is 10.1 Å². The number of fused-ring (bicyclic) bond motifs is 3. The topological polar surface area (TPSA) is 38.3 Å². The Morgan fingerprint density at radius 2 is 2.00 bits per heavy atom. The summed E-state index contributed by atoms with van der Waals surface area (Å²) < 4.78 is 4.80. The lowest BCUT2D eigenvalue weighted by Crippen LogP contribution is -2.29. The van der Waals surface area contributed by atoms with E-state index in [-0.39, 0.29) is 12.0 Å². The van der Waals surface area contributed by atoms with Crippen LogP contribution in [0, 0.1) is 5.92 Å². The number of esters is 1. The van der Waals surface area contributed by atoms with Gasteiger partial charge in [-0.15, -0.1) is 0 Å². The summed E-state index contributed by atoms with van der Waals surface area (Å²) in [6.45, 7) is 2.20. The predicted octanol–water partition coefficient (Wildman–Crippen LogP) is 4.86. The Labute approximate surface area is 148 Å². The molecular formula is C22H23NO2. The Hall–Kier alpha value is -2.55. The molecule has 0 amide bonds. The van der Waals surface area contributed by atoms with Gasteiger partial charge in [0.15, 0.2) is 0 Å². The molecule has 1 N–H and O–H groups in total. The lowest BCUT2D eigenvalue weighted by molar-refractivity contribution is 0.0600. The van der Waals surface area contributed by atoms with E-state index in [2.05, 4.69) is 54.7 Å². The number of hydrogen-bond donors (Lipinski definition) is 1. The highest BCUT2D eigenvalue weighted by molar-refractivity contribution is 5.89. The first-order chi connectivity index (χ1) is 12.2. The Balaban J connectivity index is 1.72. The summed E-state index contributed by atoms with van der Waals surface area (Å²) in [7, 11) is 1.41. The summed E-state index contributed by atoms with van der Waals surface area (Å²) in [6.07, 6.45) is 6.77. The highest BCUT2D eigenvalue weighted by Crippen LogP contribution is 2.50. The van der Waals surface area contributed by atoms with Crippen molar-refractivity contribution >= 4 is 11.7 Å². The molecule has 0 spiro atoms. The standard InChI is InChI=1S/C22H23NO2/c1-3-14-6-4-8-18-17-7-5-9-19(17)21(23-20(14)18)15-10-12-16(13-11-15)22(24)25-2/h4-8,10-13,17,19,21,23H,3,9H2,1-2H3/t17-,19-,21+/m0/s1. The summed E-state index contributed by atoms with van der Waals surface area (Å²) in [4.78, 5) is 11.7. The van der Waals surface area contributed by atoms with Crippen molar-refractivity contribution in [3.8, 4) is 0 Å². The van der Waals surface area contributed by atoms with Gasteiger partial charge in [-0.25, -0.2) is 4.79 Å². The van der Waals surface area contributed by atoms with Crippen LogP contribution in [0.15, 0.2) is 54.6 Å². The van der Waals surface area contributed by atoms with Crippen molar-refractivity contribution in [1.82, 2.24) is 0 Å². The number of carbonyl (C=O) groups excluding carboxylic acids is 1. The molecule has 2 aliphatic rings. The number of ether oxygens (including phenoxy) is 1. The van der Waals surface area contributed by atoms with E-state index in [4.69, 9.17) is 4.74 Å². The Bertz CT molecular complexity index is 822. The average Bonchev–Trinajstić information content (AvgIpc) is 3.16. The second-order valence-electron chi connectivity index (χ2n) is 6.82. The Morgan fingerprint density at radius 1 is 1.20 bits per heavy atom. The fourth-order valence-electron chi connectivity index (χ4n) is 4.26. The molecule has 0 saturated carbocycles. The first-order valence-corrected chi connectivity index (χ1v) is 8.96. The van der Waals surface area contributed by atoms with Crippen LogP contribution in [0.25, 0.3) is 0 Å². The first-order valence-electron chi connectivity index (χ1n) is 8.96. The molecule has 25 heavy (non-hydrogen) atoms. The number of methoxy groups -OCH3 is 1. The molecule has 2 aromatic carbocycles. The van der Waals surface area contributed by atoms with Gasteiger partial charge in [0.2, 0.25) is 0 Å². The van der Waals surface area contributed by atoms with E-state index in [0.717, 1.165) is 12.8 Å². The van der Waals surface area contributed by atoms with Gasteiger partial charge >= 0.3 is 5.97 Å². The molecule has 0 saturated heterocycles. The number of anilines is 1. The highest BCUT2D eigenvalue weighted by atomic mass is 16.5. The second kappa shape index (κ2) is 6.40. The largest absolute Gasteiger partial charge is 0.465 e. The number of allylic oxidation sites excluding steroid dienone is 2. The Kier molecular flexibility index (Phi) is 4.08. The van der Waals surface area contributed by atoms with E-state index in [9.17, 15) is 4.79 Å². The van der Waals surface area contributed by atoms with Gasteiger partial charge in [0, 0.05) is 11.6 Å². The molecule has 0 aromatic heterocycles. The molecule has 3 heteroatoms. The van der Waals surface area contributed by atoms with Crippen molar-refractivity contribution in [3.05, 3.63) is 76.9 Å². The monoisotopic (exact) mass is 333 g/mol. The minimum absolute atomic E-state index is 0.256. The highest BCUT2D eigenvalue weighted by Gasteiger charge is 2.38. The molecule has 2 aromatic rings.